The Morgan fingerprint density at radius 3 is 2.69 bits per heavy atom. The number of β-amino-alcohol motifs (C(OH)–C–C–N with tert-alkyl or cyclic N) is 1. The minimum atomic E-state index is -0.855. The molecule has 1 aliphatic heterocycles. The fourth-order valence-corrected chi connectivity index (χ4v) is 3.11. The van der Waals surface area contributed by atoms with Crippen molar-refractivity contribution in [1.82, 2.24) is 15.5 Å². The number of rotatable bonds is 10. The molecule has 7 heteroatoms. The first-order valence-corrected chi connectivity index (χ1v) is 10.6. The highest BCUT2D eigenvalue weighted by molar-refractivity contribution is 5.79. The molecular formula is C22H38N4O3. The minimum Gasteiger partial charge on any atom is -0.493 e. The highest BCUT2D eigenvalue weighted by Crippen LogP contribution is 2.19. The Labute approximate surface area is 175 Å². The van der Waals surface area contributed by atoms with Crippen molar-refractivity contribution >= 4 is 5.96 Å². The molecular weight excluding hydrogens is 368 g/mol. The number of hydrogen-bond acceptors (Lipinski definition) is 5. The molecule has 0 bridgehead atoms. The van der Waals surface area contributed by atoms with Crippen LogP contribution in [0.25, 0.3) is 0 Å². The van der Waals surface area contributed by atoms with E-state index in [2.05, 4.69) is 29.4 Å². The SMILES string of the molecule is CCNC(=NCc1ccccc1OCC(C)C)NCC(C)(O)CN1CCOCC1. The second-order valence-corrected chi connectivity index (χ2v) is 8.25. The molecule has 3 N–H and O–H groups in total. The van der Waals surface area contributed by atoms with Crippen LogP contribution in [0.2, 0.25) is 0 Å². The fourth-order valence-electron chi connectivity index (χ4n) is 3.11. The van der Waals surface area contributed by atoms with E-state index in [1.165, 1.54) is 0 Å². The Bertz CT molecular complexity index is 628. The van der Waals surface area contributed by atoms with Crippen LogP contribution >= 0.6 is 0 Å². The normalized spacial score (nSPS) is 17.8. The molecule has 1 aromatic rings. The maximum Gasteiger partial charge on any atom is 0.191 e. The first kappa shape index (κ1) is 23.4. The summed E-state index contributed by atoms with van der Waals surface area (Å²) in [6, 6.07) is 8.01. The van der Waals surface area contributed by atoms with Crippen molar-refractivity contribution in [2.75, 3.05) is 52.5 Å². The van der Waals surface area contributed by atoms with Crippen molar-refractivity contribution in [2.45, 2.75) is 39.8 Å². The Morgan fingerprint density at radius 2 is 2.00 bits per heavy atom. The number of para-hydroxylation sites is 1. The van der Waals surface area contributed by atoms with Gasteiger partial charge in [0.05, 0.1) is 32.0 Å². The van der Waals surface area contributed by atoms with Gasteiger partial charge >= 0.3 is 0 Å². The van der Waals surface area contributed by atoms with Crippen molar-refractivity contribution in [2.24, 2.45) is 10.9 Å². The highest BCUT2D eigenvalue weighted by atomic mass is 16.5. The maximum absolute atomic E-state index is 10.8. The van der Waals surface area contributed by atoms with Crippen molar-refractivity contribution < 1.29 is 14.6 Å². The van der Waals surface area contributed by atoms with Gasteiger partial charge in [0, 0.05) is 38.3 Å². The van der Waals surface area contributed by atoms with Gasteiger partial charge in [-0.15, -0.1) is 0 Å². The standard InChI is InChI=1S/C22H38N4O3/c1-5-23-21(25-16-22(4,27)17-26-10-12-28-13-11-26)24-14-19-8-6-7-9-20(19)29-15-18(2)3/h6-9,18,27H,5,10-17H2,1-4H3,(H2,23,24,25). The Hall–Kier alpha value is -1.83. The Balaban J connectivity index is 1.93. The molecule has 7 nitrogen and oxygen atoms in total. The predicted octanol–water partition coefficient (Wildman–Crippen LogP) is 1.86. The molecule has 1 aliphatic rings. The molecule has 0 radical (unpaired) electrons. The third-order valence-corrected chi connectivity index (χ3v) is 4.60. The summed E-state index contributed by atoms with van der Waals surface area (Å²) in [6.07, 6.45) is 0. The lowest BCUT2D eigenvalue weighted by Crippen LogP contribution is -2.52. The lowest BCUT2D eigenvalue weighted by molar-refractivity contribution is -0.0201. The zero-order valence-electron chi connectivity index (χ0n) is 18.4. The molecule has 0 spiro atoms. The molecule has 2 rings (SSSR count). The van der Waals surface area contributed by atoms with Gasteiger partial charge in [0.15, 0.2) is 5.96 Å². The van der Waals surface area contributed by atoms with Gasteiger partial charge in [-0.1, -0.05) is 32.0 Å². The van der Waals surface area contributed by atoms with Crippen LogP contribution in [0.4, 0.5) is 0 Å². The maximum atomic E-state index is 10.8. The van der Waals surface area contributed by atoms with E-state index in [0.717, 1.165) is 44.2 Å². The third-order valence-electron chi connectivity index (χ3n) is 4.60. The van der Waals surface area contributed by atoms with E-state index < -0.39 is 5.60 Å². The molecule has 1 atom stereocenters. The van der Waals surface area contributed by atoms with E-state index in [1.807, 2.05) is 38.1 Å². The van der Waals surface area contributed by atoms with Crippen LogP contribution in [0, 0.1) is 5.92 Å². The second kappa shape index (κ2) is 12.0. The third kappa shape index (κ3) is 9.02. The van der Waals surface area contributed by atoms with E-state index in [-0.39, 0.29) is 0 Å². The number of benzene rings is 1. The van der Waals surface area contributed by atoms with E-state index in [9.17, 15) is 5.11 Å². The monoisotopic (exact) mass is 406 g/mol. The first-order valence-electron chi connectivity index (χ1n) is 10.6. The van der Waals surface area contributed by atoms with Crippen molar-refractivity contribution in [3.05, 3.63) is 29.8 Å². The van der Waals surface area contributed by atoms with E-state index >= 15 is 0 Å². The number of aliphatic hydroxyl groups is 1. The molecule has 1 saturated heterocycles. The highest BCUT2D eigenvalue weighted by Gasteiger charge is 2.25. The summed E-state index contributed by atoms with van der Waals surface area (Å²) in [5.41, 5.74) is 0.191. The fraction of sp³-hybridized carbons (Fsp3) is 0.682. The number of aliphatic imine (C=N–C) groups is 1. The van der Waals surface area contributed by atoms with Gasteiger partial charge in [-0.05, 0) is 25.8 Å². The summed E-state index contributed by atoms with van der Waals surface area (Å²) in [5.74, 6) is 2.03. The van der Waals surface area contributed by atoms with Crippen LogP contribution in [-0.4, -0.2) is 74.1 Å². The van der Waals surface area contributed by atoms with Crippen molar-refractivity contribution in [1.29, 1.82) is 0 Å². The van der Waals surface area contributed by atoms with Crippen LogP contribution in [0.3, 0.4) is 0 Å². The smallest absolute Gasteiger partial charge is 0.191 e. The van der Waals surface area contributed by atoms with Gasteiger partial charge < -0.3 is 25.2 Å². The summed E-state index contributed by atoms with van der Waals surface area (Å²) in [4.78, 5) is 6.92. The number of nitrogens with zero attached hydrogens (tertiary/aromatic N) is 2. The first-order chi connectivity index (χ1) is 13.9. The molecule has 1 fully saturated rings. The van der Waals surface area contributed by atoms with E-state index in [0.29, 0.717) is 38.1 Å². The predicted molar refractivity (Wildman–Crippen MR) is 117 cm³/mol. The van der Waals surface area contributed by atoms with Crippen molar-refractivity contribution in [3.8, 4) is 5.75 Å². The number of guanidine groups is 1. The van der Waals surface area contributed by atoms with Crippen LogP contribution in [0.15, 0.2) is 29.3 Å². The summed E-state index contributed by atoms with van der Waals surface area (Å²) >= 11 is 0. The van der Waals surface area contributed by atoms with Gasteiger partial charge in [0.2, 0.25) is 0 Å². The lowest BCUT2D eigenvalue weighted by atomic mass is 10.1. The molecule has 29 heavy (non-hydrogen) atoms. The summed E-state index contributed by atoms with van der Waals surface area (Å²) in [5, 5.41) is 17.3. The average molecular weight is 407 g/mol. The van der Waals surface area contributed by atoms with E-state index in [1.54, 1.807) is 0 Å². The van der Waals surface area contributed by atoms with Gasteiger partial charge in [0.25, 0.3) is 0 Å². The Kier molecular flexibility index (Phi) is 9.70. The molecule has 1 unspecified atom stereocenters. The number of ether oxygens (including phenoxy) is 2. The van der Waals surface area contributed by atoms with E-state index in [4.69, 9.17) is 14.5 Å². The Morgan fingerprint density at radius 1 is 1.28 bits per heavy atom. The zero-order chi connectivity index (χ0) is 21.1. The zero-order valence-corrected chi connectivity index (χ0v) is 18.4. The molecule has 0 aliphatic carbocycles. The largest absolute Gasteiger partial charge is 0.493 e. The number of morpholine rings is 1. The van der Waals surface area contributed by atoms with Gasteiger partial charge in [-0.3, -0.25) is 4.90 Å². The number of hydrogen-bond donors (Lipinski definition) is 3. The molecule has 164 valence electrons. The molecule has 0 amide bonds. The quantitative estimate of drug-likeness (QED) is 0.407. The molecule has 1 aromatic carbocycles. The average Bonchev–Trinajstić information content (AvgIpc) is 2.69. The minimum absolute atomic E-state index is 0.418. The molecule has 0 aromatic heterocycles. The summed E-state index contributed by atoms with van der Waals surface area (Å²) < 4.78 is 11.3. The van der Waals surface area contributed by atoms with Crippen LogP contribution < -0.4 is 15.4 Å². The molecule has 1 heterocycles. The van der Waals surface area contributed by atoms with Gasteiger partial charge in [-0.2, -0.15) is 0 Å². The topological polar surface area (TPSA) is 78.4 Å². The van der Waals surface area contributed by atoms with Gasteiger partial charge in [-0.25, -0.2) is 4.99 Å². The van der Waals surface area contributed by atoms with Crippen molar-refractivity contribution in [3.63, 3.8) is 0 Å². The second-order valence-electron chi connectivity index (χ2n) is 8.25. The van der Waals surface area contributed by atoms with Crippen LogP contribution in [0.1, 0.15) is 33.3 Å². The summed E-state index contributed by atoms with van der Waals surface area (Å²) in [7, 11) is 0. The summed E-state index contributed by atoms with van der Waals surface area (Å²) in [6.45, 7) is 14.3. The number of nitrogens with one attached hydrogen (secondary N) is 2. The van der Waals surface area contributed by atoms with Crippen LogP contribution in [-0.2, 0) is 11.3 Å². The van der Waals surface area contributed by atoms with Crippen LogP contribution in [0.5, 0.6) is 5.75 Å². The van der Waals surface area contributed by atoms with Gasteiger partial charge in [0.1, 0.15) is 5.75 Å². The lowest BCUT2D eigenvalue weighted by Gasteiger charge is -2.34. The molecule has 0 saturated carbocycles.